The van der Waals surface area contributed by atoms with E-state index >= 15 is 0 Å². The molecule has 0 spiro atoms. The van der Waals surface area contributed by atoms with Gasteiger partial charge in [-0.25, -0.2) is 4.79 Å². The Morgan fingerprint density at radius 1 is 1.33 bits per heavy atom. The van der Waals surface area contributed by atoms with E-state index in [-0.39, 0.29) is 23.3 Å². The zero-order valence-electron chi connectivity index (χ0n) is 9.58. The molecule has 0 unspecified atom stereocenters. The van der Waals surface area contributed by atoms with Crippen LogP contribution in [0, 0.1) is 0 Å². The molecule has 7 heteroatoms. The number of phenolic OH excluding ortho intramolecular Hbond substituents is 1. The number of aromatic hydroxyl groups is 2. The molecule has 0 aromatic heterocycles. The summed E-state index contributed by atoms with van der Waals surface area (Å²) in [6.07, 6.45) is -0.0981. The lowest BCUT2D eigenvalue weighted by molar-refractivity contribution is -0.142. The van der Waals surface area contributed by atoms with Gasteiger partial charge in [0.25, 0.3) is 0 Å². The summed E-state index contributed by atoms with van der Waals surface area (Å²) >= 11 is 0. The number of carboxylic acids is 1. The SMILES string of the molecule is COC(=O)[C@H](N)Cc1cc(C(=O)O)c(O)cc1O. The van der Waals surface area contributed by atoms with Gasteiger partial charge >= 0.3 is 11.9 Å². The van der Waals surface area contributed by atoms with Crippen LogP contribution in [0.4, 0.5) is 0 Å². The monoisotopic (exact) mass is 255 g/mol. The second kappa shape index (κ2) is 5.37. The van der Waals surface area contributed by atoms with Crippen molar-refractivity contribution in [2.75, 3.05) is 7.11 Å². The van der Waals surface area contributed by atoms with Crippen LogP contribution < -0.4 is 5.73 Å². The normalized spacial score (nSPS) is 11.9. The smallest absolute Gasteiger partial charge is 0.339 e. The molecule has 0 saturated heterocycles. The first-order valence-electron chi connectivity index (χ1n) is 4.98. The highest BCUT2D eigenvalue weighted by atomic mass is 16.5. The summed E-state index contributed by atoms with van der Waals surface area (Å²) in [6.45, 7) is 0. The Labute approximate surface area is 102 Å². The molecule has 0 amide bonds. The minimum absolute atomic E-state index is 0.0981. The van der Waals surface area contributed by atoms with Gasteiger partial charge in [0, 0.05) is 12.5 Å². The van der Waals surface area contributed by atoms with Crippen molar-refractivity contribution in [1.29, 1.82) is 0 Å². The number of carboxylic acid groups (broad SMARTS) is 1. The van der Waals surface area contributed by atoms with E-state index in [1.807, 2.05) is 0 Å². The van der Waals surface area contributed by atoms with E-state index < -0.39 is 23.7 Å². The van der Waals surface area contributed by atoms with Crippen LogP contribution in [0.15, 0.2) is 12.1 Å². The van der Waals surface area contributed by atoms with Crippen LogP contribution >= 0.6 is 0 Å². The van der Waals surface area contributed by atoms with Crippen LogP contribution in [0.25, 0.3) is 0 Å². The van der Waals surface area contributed by atoms with E-state index in [2.05, 4.69) is 4.74 Å². The molecule has 0 aliphatic rings. The fourth-order valence-electron chi connectivity index (χ4n) is 1.43. The Balaban J connectivity index is 3.06. The van der Waals surface area contributed by atoms with E-state index in [1.165, 1.54) is 7.11 Å². The average molecular weight is 255 g/mol. The van der Waals surface area contributed by atoms with Crippen molar-refractivity contribution in [1.82, 2.24) is 0 Å². The van der Waals surface area contributed by atoms with Crippen molar-refractivity contribution >= 4 is 11.9 Å². The Morgan fingerprint density at radius 2 is 1.94 bits per heavy atom. The van der Waals surface area contributed by atoms with Crippen LogP contribution in [-0.4, -0.2) is 40.4 Å². The molecule has 18 heavy (non-hydrogen) atoms. The zero-order chi connectivity index (χ0) is 13.9. The Kier molecular flexibility index (Phi) is 4.11. The molecule has 98 valence electrons. The second-order valence-electron chi connectivity index (χ2n) is 3.64. The molecule has 0 aliphatic carbocycles. The Morgan fingerprint density at radius 3 is 2.44 bits per heavy atom. The predicted octanol–water partition coefficient (Wildman–Crippen LogP) is -0.161. The number of nitrogens with two attached hydrogens (primary N) is 1. The summed E-state index contributed by atoms with van der Waals surface area (Å²) in [4.78, 5) is 21.9. The third kappa shape index (κ3) is 2.89. The zero-order valence-corrected chi connectivity index (χ0v) is 9.58. The van der Waals surface area contributed by atoms with Gasteiger partial charge in [0.15, 0.2) is 0 Å². The standard InChI is InChI=1S/C11H13NO6/c1-18-11(17)7(12)3-5-2-6(10(15)16)9(14)4-8(5)13/h2,4,7,13-14H,3,12H2,1H3,(H,15,16)/t7-/m1/s1. The van der Waals surface area contributed by atoms with E-state index in [9.17, 15) is 19.8 Å². The van der Waals surface area contributed by atoms with Crippen LogP contribution in [0.5, 0.6) is 11.5 Å². The second-order valence-corrected chi connectivity index (χ2v) is 3.64. The fraction of sp³-hybridized carbons (Fsp3) is 0.273. The topological polar surface area (TPSA) is 130 Å². The number of rotatable bonds is 4. The highest BCUT2D eigenvalue weighted by molar-refractivity contribution is 5.91. The van der Waals surface area contributed by atoms with Gasteiger partial charge in [0.05, 0.1) is 7.11 Å². The lowest BCUT2D eigenvalue weighted by atomic mass is 10.0. The Bertz CT molecular complexity index is 485. The minimum atomic E-state index is -1.35. The maximum Gasteiger partial charge on any atom is 0.339 e. The van der Waals surface area contributed by atoms with E-state index in [0.717, 1.165) is 12.1 Å². The summed E-state index contributed by atoms with van der Waals surface area (Å²) in [5.74, 6) is -2.92. The van der Waals surface area contributed by atoms with Gasteiger partial charge in [-0.05, 0) is 11.6 Å². The van der Waals surface area contributed by atoms with Gasteiger partial charge in [0.2, 0.25) is 0 Å². The number of carbonyl (C=O) groups excluding carboxylic acids is 1. The first kappa shape index (κ1) is 13.8. The third-order valence-corrected chi connectivity index (χ3v) is 2.37. The molecule has 0 fully saturated rings. The van der Waals surface area contributed by atoms with Crippen molar-refractivity contribution in [2.24, 2.45) is 5.73 Å². The molecule has 1 rings (SSSR count). The van der Waals surface area contributed by atoms with E-state index in [1.54, 1.807) is 0 Å². The predicted molar refractivity (Wildman–Crippen MR) is 60.4 cm³/mol. The number of esters is 1. The molecule has 0 saturated carbocycles. The largest absolute Gasteiger partial charge is 0.508 e. The quantitative estimate of drug-likeness (QED) is 0.550. The number of hydrogen-bond acceptors (Lipinski definition) is 6. The van der Waals surface area contributed by atoms with Crippen molar-refractivity contribution < 1.29 is 29.6 Å². The van der Waals surface area contributed by atoms with Gasteiger partial charge in [-0.1, -0.05) is 0 Å². The summed E-state index contributed by atoms with van der Waals surface area (Å²) < 4.78 is 4.41. The molecule has 0 bridgehead atoms. The highest BCUT2D eigenvalue weighted by Gasteiger charge is 2.19. The lowest BCUT2D eigenvalue weighted by Crippen LogP contribution is -2.33. The summed E-state index contributed by atoms with van der Waals surface area (Å²) in [6, 6.07) is 0.936. The number of methoxy groups -OCH3 is 1. The van der Waals surface area contributed by atoms with Crippen LogP contribution in [0.3, 0.4) is 0 Å². The number of hydrogen-bond donors (Lipinski definition) is 4. The van der Waals surface area contributed by atoms with E-state index in [0.29, 0.717) is 0 Å². The number of ether oxygens (including phenoxy) is 1. The first-order chi connectivity index (χ1) is 8.36. The number of benzene rings is 1. The van der Waals surface area contributed by atoms with Gasteiger partial charge in [-0.3, -0.25) is 4.79 Å². The molecule has 5 N–H and O–H groups in total. The third-order valence-electron chi connectivity index (χ3n) is 2.37. The molecule has 0 radical (unpaired) electrons. The molecule has 0 heterocycles. The molecule has 0 aliphatic heterocycles. The Hall–Kier alpha value is -2.28. The van der Waals surface area contributed by atoms with Crippen LogP contribution in [0.1, 0.15) is 15.9 Å². The van der Waals surface area contributed by atoms with Gasteiger partial charge < -0.3 is 25.8 Å². The number of aromatic carboxylic acids is 1. The van der Waals surface area contributed by atoms with Gasteiger partial charge in [0.1, 0.15) is 23.1 Å². The average Bonchev–Trinajstić information content (AvgIpc) is 2.30. The molecule has 1 aromatic carbocycles. The summed E-state index contributed by atoms with van der Waals surface area (Å²) in [7, 11) is 1.17. The first-order valence-corrected chi connectivity index (χ1v) is 4.98. The maximum absolute atomic E-state index is 11.1. The number of phenols is 2. The van der Waals surface area contributed by atoms with Crippen LogP contribution in [-0.2, 0) is 16.0 Å². The molecule has 1 atom stereocenters. The van der Waals surface area contributed by atoms with Crippen molar-refractivity contribution in [3.8, 4) is 11.5 Å². The number of carbonyl (C=O) groups is 2. The van der Waals surface area contributed by atoms with Crippen molar-refractivity contribution in [2.45, 2.75) is 12.5 Å². The minimum Gasteiger partial charge on any atom is -0.508 e. The van der Waals surface area contributed by atoms with E-state index in [4.69, 9.17) is 10.8 Å². The molecular formula is C11H13NO6. The van der Waals surface area contributed by atoms with Gasteiger partial charge in [-0.15, -0.1) is 0 Å². The van der Waals surface area contributed by atoms with Gasteiger partial charge in [-0.2, -0.15) is 0 Å². The van der Waals surface area contributed by atoms with Crippen molar-refractivity contribution in [3.05, 3.63) is 23.3 Å². The summed E-state index contributed by atoms with van der Waals surface area (Å²) in [5.41, 5.74) is 5.26. The van der Waals surface area contributed by atoms with Crippen molar-refractivity contribution in [3.63, 3.8) is 0 Å². The maximum atomic E-state index is 11.1. The fourth-order valence-corrected chi connectivity index (χ4v) is 1.43. The van der Waals surface area contributed by atoms with Crippen LogP contribution in [0.2, 0.25) is 0 Å². The highest BCUT2D eigenvalue weighted by Crippen LogP contribution is 2.28. The molecule has 7 nitrogen and oxygen atoms in total. The lowest BCUT2D eigenvalue weighted by Gasteiger charge is -2.11. The molecular weight excluding hydrogens is 242 g/mol. The molecule has 1 aromatic rings. The summed E-state index contributed by atoms with van der Waals surface area (Å²) in [5, 5.41) is 27.7.